The lowest BCUT2D eigenvalue weighted by Crippen LogP contribution is -2.39. The number of aryl methyl sites for hydroxylation is 1. The Morgan fingerprint density at radius 1 is 0.654 bits per heavy atom. The maximum Gasteiger partial charge on any atom is 0.164 e. The van der Waals surface area contributed by atoms with Gasteiger partial charge in [0, 0.05) is 29.2 Å². The molecule has 3 aliphatic rings. The molecule has 9 rings (SSSR count). The molecule has 0 bridgehead atoms. The summed E-state index contributed by atoms with van der Waals surface area (Å²) in [6.45, 7) is 8.73. The first kappa shape index (κ1) is 32.7. The predicted molar refractivity (Wildman–Crippen MR) is 212 cm³/mol. The first-order valence-corrected chi connectivity index (χ1v) is 19.2. The molecule has 4 aromatic carbocycles. The minimum absolute atomic E-state index is 0.173. The summed E-state index contributed by atoms with van der Waals surface area (Å²) in [5.41, 5.74) is 13.6. The number of aromatic nitrogens is 4. The van der Waals surface area contributed by atoms with Crippen molar-refractivity contribution in [3.05, 3.63) is 155 Å². The largest absolute Gasteiger partial charge is 0.255 e. The zero-order chi connectivity index (χ0) is 35.5. The van der Waals surface area contributed by atoms with Crippen LogP contribution in [0.15, 0.2) is 121 Å². The predicted octanol–water partition coefficient (Wildman–Crippen LogP) is 11.7. The molecule has 0 saturated heterocycles. The summed E-state index contributed by atoms with van der Waals surface area (Å²) in [7, 11) is 0. The molecule has 0 fully saturated rings. The van der Waals surface area contributed by atoms with E-state index in [1.807, 2.05) is 6.20 Å². The van der Waals surface area contributed by atoms with Crippen molar-refractivity contribution >= 4 is 0 Å². The molecule has 3 aliphatic carbocycles. The molecule has 0 saturated carbocycles. The van der Waals surface area contributed by atoms with Crippen LogP contribution in [0.3, 0.4) is 0 Å². The summed E-state index contributed by atoms with van der Waals surface area (Å²) < 4.78 is 0. The number of hydrogen-bond acceptors (Lipinski definition) is 4. The summed E-state index contributed by atoms with van der Waals surface area (Å²) in [5, 5.41) is 0. The van der Waals surface area contributed by atoms with E-state index in [0.717, 1.165) is 54.2 Å². The van der Waals surface area contributed by atoms with Gasteiger partial charge in [0.25, 0.3) is 0 Å². The molecule has 3 unspecified atom stereocenters. The van der Waals surface area contributed by atoms with Gasteiger partial charge < -0.3 is 0 Å². The lowest BCUT2D eigenvalue weighted by atomic mass is 9.57. The molecule has 52 heavy (non-hydrogen) atoms. The van der Waals surface area contributed by atoms with Gasteiger partial charge in [-0.3, -0.25) is 4.98 Å². The fourth-order valence-electron chi connectivity index (χ4n) is 9.35. The second kappa shape index (κ2) is 12.8. The van der Waals surface area contributed by atoms with Crippen LogP contribution in [0.4, 0.5) is 0 Å². The molecule has 0 amide bonds. The van der Waals surface area contributed by atoms with Crippen LogP contribution in [-0.2, 0) is 17.3 Å². The molecule has 3 atom stereocenters. The van der Waals surface area contributed by atoms with Crippen LogP contribution < -0.4 is 0 Å². The second-order valence-electron chi connectivity index (χ2n) is 15.9. The van der Waals surface area contributed by atoms with Crippen molar-refractivity contribution in [2.45, 2.75) is 83.0 Å². The normalized spacial score (nSPS) is 19.7. The van der Waals surface area contributed by atoms with Crippen LogP contribution in [0.2, 0.25) is 0 Å². The summed E-state index contributed by atoms with van der Waals surface area (Å²) in [6.07, 6.45) is 13.2. The van der Waals surface area contributed by atoms with Gasteiger partial charge in [-0.2, -0.15) is 0 Å². The number of pyridine rings is 1. The van der Waals surface area contributed by atoms with Gasteiger partial charge in [0.2, 0.25) is 0 Å². The van der Waals surface area contributed by atoms with E-state index in [1.54, 1.807) is 0 Å². The minimum atomic E-state index is -0.310. The van der Waals surface area contributed by atoms with E-state index in [1.165, 1.54) is 57.3 Å². The first-order chi connectivity index (χ1) is 25.4. The number of hydrogen-bond donors (Lipinski definition) is 0. The van der Waals surface area contributed by atoms with E-state index in [-0.39, 0.29) is 10.8 Å². The molecular formula is C48H46N4. The van der Waals surface area contributed by atoms with Gasteiger partial charge in [0.15, 0.2) is 5.82 Å². The van der Waals surface area contributed by atoms with E-state index in [9.17, 15) is 0 Å². The lowest BCUT2D eigenvalue weighted by molar-refractivity contribution is 0.310. The van der Waals surface area contributed by atoms with E-state index in [0.29, 0.717) is 17.7 Å². The van der Waals surface area contributed by atoms with Crippen LogP contribution in [0.25, 0.3) is 44.9 Å². The van der Waals surface area contributed by atoms with E-state index < -0.39 is 0 Å². The second-order valence-corrected chi connectivity index (χ2v) is 15.9. The Balaban J connectivity index is 1.19. The SMILES string of the molecule is CCCCCc1nc(-c2ccc(-c3ccc4c(c3)C3(c5ccccc5-c5ccccc5C5CC=CCC53)c3ccccc3-4)nc2)nc(C(C)(C)C)n1. The molecule has 4 heteroatoms. The Kier molecular flexibility index (Phi) is 8.02. The molecule has 6 aromatic rings. The molecule has 258 valence electrons. The highest BCUT2D eigenvalue weighted by Gasteiger charge is 2.54. The van der Waals surface area contributed by atoms with Gasteiger partial charge in [-0.1, -0.05) is 138 Å². The smallest absolute Gasteiger partial charge is 0.164 e. The maximum atomic E-state index is 5.10. The molecule has 2 aromatic heterocycles. The number of rotatable bonds is 6. The van der Waals surface area contributed by atoms with Crippen molar-refractivity contribution in [3.8, 4) is 44.9 Å². The average Bonchev–Trinajstić information content (AvgIpc) is 3.42. The molecule has 0 N–H and O–H groups in total. The highest BCUT2D eigenvalue weighted by atomic mass is 15.0. The highest BCUT2D eigenvalue weighted by Crippen LogP contribution is 2.64. The number of benzene rings is 4. The van der Waals surface area contributed by atoms with Gasteiger partial charge in [0.05, 0.1) is 11.1 Å². The zero-order valence-electron chi connectivity index (χ0n) is 30.7. The van der Waals surface area contributed by atoms with E-state index in [2.05, 4.69) is 143 Å². The zero-order valence-corrected chi connectivity index (χ0v) is 30.7. The number of nitrogens with zero attached hydrogens (tertiary/aromatic N) is 4. The highest BCUT2D eigenvalue weighted by molar-refractivity contribution is 5.89. The summed E-state index contributed by atoms with van der Waals surface area (Å²) in [6, 6.07) is 38.9. The third-order valence-electron chi connectivity index (χ3n) is 11.8. The van der Waals surface area contributed by atoms with Crippen LogP contribution >= 0.6 is 0 Å². The Labute approximate surface area is 308 Å². The Morgan fingerprint density at radius 3 is 2.06 bits per heavy atom. The van der Waals surface area contributed by atoms with Crippen molar-refractivity contribution in [1.29, 1.82) is 0 Å². The Bertz CT molecular complexity index is 2330. The molecule has 4 nitrogen and oxygen atoms in total. The van der Waals surface area contributed by atoms with Gasteiger partial charge in [-0.15, -0.1) is 0 Å². The van der Waals surface area contributed by atoms with Crippen LogP contribution in [0.5, 0.6) is 0 Å². The number of fused-ring (bicyclic) bond motifs is 12. The summed E-state index contributed by atoms with van der Waals surface area (Å²) in [5.74, 6) is 3.18. The number of allylic oxidation sites excluding steroid dienone is 2. The third kappa shape index (κ3) is 5.18. The fraction of sp³-hybridized carbons (Fsp3) is 0.292. The molecule has 0 radical (unpaired) electrons. The van der Waals surface area contributed by atoms with Crippen molar-refractivity contribution < 1.29 is 0 Å². The molecule has 1 spiro atoms. The van der Waals surface area contributed by atoms with E-state index in [4.69, 9.17) is 19.9 Å². The summed E-state index contributed by atoms with van der Waals surface area (Å²) >= 11 is 0. The van der Waals surface area contributed by atoms with Gasteiger partial charge >= 0.3 is 0 Å². The van der Waals surface area contributed by atoms with E-state index >= 15 is 0 Å². The van der Waals surface area contributed by atoms with Gasteiger partial charge in [-0.25, -0.2) is 15.0 Å². The van der Waals surface area contributed by atoms with Gasteiger partial charge in [0.1, 0.15) is 11.6 Å². The van der Waals surface area contributed by atoms with Crippen molar-refractivity contribution in [2.24, 2.45) is 5.92 Å². The summed E-state index contributed by atoms with van der Waals surface area (Å²) in [4.78, 5) is 19.9. The van der Waals surface area contributed by atoms with Crippen LogP contribution in [0, 0.1) is 5.92 Å². The minimum Gasteiger partial charge on any atom is -0.255 e. The van der Waals surface area contributed by atoms with Gasteiger partial charge in [-0.05, 0) is 93.8 Å². The quantitative estimate of drug-likeness (QED) is 0.130. The molecular weight excluding hydrogens is 633 g/mol. The van der Waals surface area contributed by atoms with Crippen LogP contribution in [-0.4, -0.2) is 19.9 Å². The van der Waals surface area contributed by atoms with Crippen molar-refractivity contribution in [3.63, 3.8) is 0 Å². The Hall–Kier alpha value is -5.22. The Morgan fingerprint density at radius 2 is 1.33 bits per heavy atom. The molecule has 0 aliphatic heterocycles. The standard InChI is InChI=1S/C48H46N4/c1-5-6-7-24-44-50-45(52-46(51-44)47(2,3)4)32-26-28-43(49-30-32)31-25-27-38-37-20-12-15-23-41(37)48(42(38)29-31)39-21-13-10-18-35(39)33-16-8-9-17-34(33)36-19-11-14-22-40(36)48/h8-18,20-21,23,25-30,36,40H,5-7,19,22,24H2,1-4H3. The maximum absolute atomic E-state index is 5.10. The fourth-order valence-corrected chi connectivity index (χ4v) is 9.35. The monoisotopic (exact) mass is 678 g/mol. The molecule has 2 heterocycles. The average molecular weight is 679 g/mol. The van der Waals surface area contributed by atoms with Crippen molar-refractivity contribution in [2.75, 3.05) is 0 Å². The lowest BCUT2D eigenvalue weighted by Gasteiger charge is -2.44. The number of unbranched alkanes of at least 4 members (excludes halogenated alkanes) is 2. The van der Waals surface area contributed by atoms with Crippen LogP contribution in [0.1, 0.15) is 99.6 Å². The third-order valence-corrected chi connectivity index (χ3v) is 11.8. The first-order valence-electron chi connectivity index (χ1n) is 19.2. The van der Waals surface area contributed by atoms with Crippen molar-refractivity contribution in [1.82, 2.24) is 19.9 Å². The topological polar surface area (TPSA) is 51.6 Å².